The first-order valence-corrected chi connectivity index (χ1v) is 12.3. The molecule has 0 amide bonds. The van der Waals surface area contributed by atoms with Gasteiger partial charge in [-0.1, -0.05) is 6.92 Å². The average molecular weight is 400 g/mol. The Morgan fingerprint density at radius 3 is 2.63 bits per heavy atom. The number of rotatable bonds is 5. The Bertz CT molecular complexity index is 654. The molecule has 0 bridgehead atoms. The van der Waals surface area contributed by atoms with Gasteiger partial charge in [-0.2, -0.15) is 0 Å². The highest BCUT2D eigenvalue weighted by molar-refractivity contribution is 7.91. The zero-order chi connectivity index (χ0) is 18.9. The van der Waals surface area contributed by atoms with Crippen molar-refractivity contribution in [3.8, 4) is 0 Å². The smallest absolute Gasteiger partial charge is 0.191 e. The predicted molar refractivity (Wildman–Crippen MR) is 104 cm³/mol. The summed E-state index contributed by atoms with van der Waals surface area (Å²) in [6.07, 6.45) is 7.41. The Morgan fingerprint density at radius 1 is 1.19 bits per heavy atom. The summed E-state index contributed by atoms with van der Waals surface area (Å²) in [6, 6.07) is 0.496. The highest BCUT2D eigenvalue weighted by atomic mass is 32.2. The molecule has 2 aliphatic carbocycles. The van der Waals surface area contributed by atoms with Crippen molar-refractivity contribution in [2.75, 3.05) is 31.2 Å². The molecule has 4 fully saturated rings. The summed E-state index contributed by atoms with van der Waals surface area (Å²) >= 11 is 0. The number of aliphatic imine (C=N–C) groups is 1. The van der Waals surface area contributed by atoms with Gasteiger partial charge in [-0.05, 0) is 43.9 Å². The topological polar surface area (TPSA) is 89.0 Å². The van der Waals surface area contributed by atoms with Crippen molar-refractivity contribution in [3.05, 3.63) is 0 Å². The van der Waals surface area contributed by atoms with Gasteiger partial charge in [0.1, 0.15) is 6.10 Å². The van der Waals surface area contributed by atoms with Crippen LogP contribution in [0.25, 0.3) is 0 Å². The second-order valence-corrected chi connectivity index (χ2v) is 11.1. The van der Waals surface area contributed by atoms with E-state index >= 15 is 0 Å². The molecule has 2 unspecified atom stereocenters. The minimum Gasteiger partial charge on any atom is -0.354 e. The summed E-state index contributed by atoms with van der Waals surface area (Å²) < 4.78 is 35.6. The van der Waals surface area contributed by atoms with Gasteiger partial charge in [0.2, 0.25) is 0 Å². The van der Waals surface area contributed by atoms with Crippen LogP contribution in [0.1, 0.15) is 51.9 Å². The van der Waals surface area contributed by atoms with Crippen molar-refractivity contribution in [2.45, 2.75) is 69.8 Å². The summed E-state index contributed by atoms with van der Waals surface area (Å²) in [6.45, 7) is 4.14. The van der Waals surface area contributed by atoms with Gasteiger partial charge in [-0.3, -0.25) is 4.99 Å². The van der Waals surface area contributed by atoms with Crippen LogP contribution in [-0.4, -0.2) is 63.5 Å². The Kier molecular flexibility index (Phi) is 5.67. The summed E-state index contributed by atoms with van der Waals surface area (Å²) in [5, 5.41) is 6.82. The van der Waals surface area contributed by atoms with Crippen LogP contribution in [0.2, 0.25) is 0 Å². The molecule has 4 aliphatic rings. The summed E-state index contributed by atoms with van der Waals surface area (Å²) in [5.74, 6) is 1.90. The molecule has 7 nitrogen and oxygen atoms in total. The van der Waals surface area contributed by atoms with Gasteiger partial charge >= 0.3 is 0 Å². The van der Waals surface area contributed by atoms with Crippen LogP contribution in [0.5, 0.6) is 0 Å². The molecule has 2 N–H and O–H groups in total. The number of sulfone groups is 1. The highest BCUT2D eigenvalue weighted by Gasteiger charge is 2.43. The van der Waals surface area contributed by atoms with Gasteiger partial charge in [0.15, 0.2) is 21.6 Å². The molecule has 154 valence electrons. The lowest BCUT2D eigenvalue weighted by Gasteiger charge is -2.34. The molecule has 2 heterocycles. The van der Waals surface area contributed by atoms with Gasteiger partial charge in [-0.15, -0.1) is 0 Å². The number of guanidine groups is 1. The molecule has 1 spiro atoms. The van der Waals surface area contributed by atoms with E-state index < -0.39 is 9.84 Å². The van der Waals surface area contributed by atoms with Crippen LogP contribution in [0.15, 0.2) is 4.99 Å². The highest BCUT2D eigenvalue weighted by Crippen LogP contribution is 2.39. The average Bonchev–Trinajstić information content (AvgIpc) is 3.26. The normalized spacial score (nSPS) is 39.0. The zero-order valence-electron chi connectivity index (χ0n) is 16.3. The van der Waals surface area contributed by atoms with Crippen LogP contribution in [0.4, 0.5) is 0 Å². The van der Waals surface area contributed by atoms with Crippen LogP contribution < -0.4 is 10.6 Å². The number of nitrogens with zero attached hydrogens (tertiary/aromatic N) is 1. The Balaban J connectivity index is 1.27. The molecule has 4 rings (SSSR count). The molecule has 0 radical (unpaired) electrons. The van der Waals surface area contributed by atoms with E-state index in [1.54, 1.807) is 0 Å². The lowest BCUT2D eigenvalue weighted by Crippen LogP contribution is -2.44. The van der Waals surface area contributed by atoms with Gasteiger partial charge < -0.3 is 20.1 Å². The summed E-state index contributed by atoms with van der Waals surface area (Å²) in [5.41, 5.74) is 0. The van der Waals surface area contributed by atoms with Crippen LogP contribution in [0.3, 0.4) is 0 Å². The van der Waals surface area contributed by atoms with Gasteiger partial charge in [0, 0.05) is 32.0 Å². The monoisotopic (exact) mass is 399 g/mol. The van der Waals surface area contributed by atoms with Crippen LogP contribution in [-0.2, 0) is 19.3 Å². The summed E-state index contributed by atoms with van der Waals surface area (Å²) in [4.78, 5) is 4.66. The number of nitrogens with one attached hydrogen (secondary N) is 2. The van der Waals surface area contributed by atoms with Crippen molar-refractivity contribution in [1.29, 1.82) is 0 Å². The van der Waals surface area contributed by atoms with Crippen LogP contribution >= 0.6 is 0 Å². The molecular formula is C19H33N3O4S. The Morgan fingerprint density at radius 2 is 1.96 bits per heavy atom. The molecule has 0 aromatic rings. The first-order valence-electron chi connectivity index (χ1n) is 10.5. The molecular weight excluding hydrogens is 366 g/mol. The van der Waals surface area contributed by atoms with Crippen molar-refractivity contribution in [3.63, 3.8) is 0 Å². The fourth-order valence-corrected chi connectivity index (χ4v) is 6.05. The number of hydrogen-bond acceptors (Lipinski definition) is 5. The molecule has 0 aromatic carbocycles. The second-order valence-electron chi connectivity index (χ2n) is 8.90. The minimum absolute atomic E-state index is 0.0384. The lowest BCUT2D eigenvalue weighted by molar-refractivity contribution is -0.191. The summed E-state index contributed by atoms with van der Waals surface area (Å²) in [7, 11) is -2.85. The molecule has 2 atom stereocenters. The maximum Gasteiger partial charge on any atom is 0.191 e. The molecule has 2 saturated carbocycles. The van der Waals surface area contributed by atoms with E-state index in [1.807, 2.05) is 0 Å². The largest absolute Gasteiger partial charge is 0.354 e. The first kappa shape index (κ1) is 19.5. The lowest BCUT2D eigenvalue weighted by atomic mass is 9.86. The zero-order valence-corrected chi connectivity index (χ0v) is 17.1. The Labute approximate surface area is 162 Å². The first-order chi connectivity index (χ1) is 12.9. The van der Waals surface area contributed by atoms with Gasteiger partial charge in [0.05, 0.1) is 18.1 Å². The Hall–Kier alpha value is -0.860. The van der Waals surface area contributed by atoms with Crippen molar-refractivity contribution >= 4 is 15.8 Å². The van der Waals surface area contributed by atoms with Crippen molar-refractivity contribution in [1.82, 2.24) is 10.6 Å². The van der Waals surface area contributed by atoms with Gasteiger partial charge in [-0.25, -0.2) is 8.42 Å². The predicted octanol–water partition coefficient (Wildman–Crippen LogP) is 1.44. The maximum atomic E-state index is 11.6. The molecule has 0 aromatic heterocycles. The standard InChI is InChI=1S/C19H33N3O4S/c1-14-4-7-19(8-5-14)25-12-17(26-19)11-21-18(22-16-2-3-16)20-10-15-6-9-27(23,24)13-15/h14-17H,2-13H2,1H3,(H2,20,21,22). The fraction of sp³-hybridized carbons (Fsp3) is 0.947. The van der Waals surface area contributed by atoms with E-state index in [2.05, 4.69) is 22.5 Å². The van der Waals surface area contributed by atoms with E-state index in [1.165, 1.54) is 25.7 Å². The molecule has 27 heavy (non-hydrogen) atoms. The van der Waals surface area contributed by atoms with E-state index in [9.17, 15) is 8.42 Å². The third kappa shape index (κ3) is 5.35. The molecule has 2 aliphatic heterocycles. The van der Waals surface area contributed by atoms with E-state index in [-0.39, 0.29) is 23.6 Å². The third-order valence-electron chi connectivity index (χ3n) is 6.20. The number of ether oxygens (including phenoxy) is 2. The molecule has 2 saturated heterocycles. The third-order valence-corrected chi connectivity index (χ3v) is 8.04. The van der Waals surface area contributed by atoms with Crippen molar-refractivity contribution in [2.24, 2.45) is 16.8 Å². The van der Waals surface area contributed by atoms with Crippen molar-refractivity contribution < 1.29 is 17.9 Å². The van der Waals surface area contributed by atoms with E-state index in [0.717, 1.165) is 31.1 Å². The number of hydrogen-bond donors (Lipinski definition) is 2. The molecule has 8 heteroatoms. The fourth-order valence-electron chi connectivity index (χ4n) is 4.20. The van der Waals surface area contributed by atoms with Crippen LogP contribution in [0, 0.1) is 11.8 Å². The maximum absolute atomic E-state index is 11.6. The van der Waals surface area contributed by atoms with Gasteiger partial charge in [0.25, 0.3) is 0 Å². The second kappa shape index (κ2) is 7.87. The SMILES string of the molecule is CC1CCC2(CC1)OCC(CNC(=NCC1CCS(=O)(=O)C1)NC1CC1)O2. The van der Waals surface area contributed by atoms with E-state index in [0.29, 0.717) is 31.5 Å². The van der Waals surface area contributed by atoms with E-state index in [4.69, 9.17) is 9.47 Å². The minimum atomic E-state index is -2.85. The quantitative estimate of drug-likeness (QED) is 0.537.